The van der Waals surface area contributed by atoms with Crippen LogP contribution in [0.25, 0.3) is 0 Å². The van der Waals surface area contributed by atoms with Gasteiger partial charge < -0.3 is 0 Å². The Kier molecular flexibility index (Phi) is 4.59. The second-order valence-electron chi connectivity index (χ2n) is 3.86. The van der Waals surface area contributed by atoms with Gasteiger partial charge in [0.2, 0.25) is 0 Å². The average Bonchev–Trinajstić information content (AvgIpc) is 2.14. The van der Waals surface area contributed by atoms with Crippen LogP contribution in [-0.2, 0) is 6.42 Å². The maximum absolute atomic E-state index is 2.39. The zero-order valence-electron chi connectivity index (χ0n) is 8.66. The normalized spacial score (nSPS) is 10.7. The minimum atomic E-state index is 0.732. The molecular formula is C13H19. The zero-order valence-corrected chi connectivity index (χ0v) is 8.66. The standard InChI is InChI=1S/C13H19/c1-12(2)8-6-7-11-13-9-4-3-5-10-13/h3-5,8-10,12H,6-7,11H2,1-2H3. The lowest BCUT2D eigenvalue weighted by atomic mass is 10.0. The molecule has 1 radical (unpaired) electrons. The van der Waals surface area contributed by atoms with E-state index in [1.165, 1.54) is 24.8 Å². The van der Waals surface area contributed by atoms with Crippen molar-refractivity contribution in [3.8, 4) is 0 Å². The van der Waals surface area contributed by atoms with Crippen LogP contribution in [-0.4, -0.2) is 0 Å². The minimum absolute atomic E-state index is 0.732. The maximum atomic E-state index is 2.39. The Balaban J connectivity index is 2.13. The van der Waals surface area contributed by atoms with E-state index in [9.17, 15) is 0 Å². The summed E-state index contributed by atoms with van der Waals surface area (Å²) in [5.41, 5.74) is 1.46. The molecule has 0 saturated heterocycles. The third-order valence-electron chi connectivity index (χ3n) is 2.15. The summed E-state index contributed by atoms with van der Waals surface area (Å²) in [4.78, 5) is 0. The highest BCUT2D eigenvalue weighted by molar-refractivity contribution is 5.14. The van der Waals surface area contributed by atoms with Gasteiger partial charge in [0.1, 0.15) is 0 Å². The van der Waals surface area contributed by atoms with Crippen molar-refractivity contribution in [3.05, 3.63) is 42.3 Å². The lowest BCUT2D eigenvalue weighted by Gasteiger charge is -2.03. The summed E-state index contributed by atoms with van der Waals surface area (Å²) in [5.74, 6) is 0.732. The van der Waals surface area contributed by atoms with Gasteiger partial charge in [0.25, 0.3) is 0 Å². The van der Waals surface area contributed by atoms with Crippen LogP contribution >= 0.6 is 0 Å². The Morgan fingerprint density at radius 1 is 1.15 bits per heavy atom. The number of benzene rings is 1. The SMILES string of the molecule is CC(C)[CH]CCCc1ccccc1. The summed E-state index contributed by atoms with van der Waals surface area (Å²) in [6.45, 7) is 4.48. The van der Waals surface area contributed by atoms with Crippen LogP contribution in [0.5, 0.6) is 0 Å². The number of hydrogen-bond acceptors (Lipinski definition) is 0. The van der Waals surface area contributed by atoms with Crippen molar-refractivity contribution in [2.75, 3.05) is 0 Å². The molecule has 0 unspecified atom stereocenters. The van der Waals surface area contributed by atoms with Crippen LogP contribution in [0.1, 0.15) is 32.3 Å². The predicted octanol–water partition coefficient (Wildman–Crippen LogP) is 3.87. The molecule has 71 valence electrons. The van der Waals surface area contributed by atoms with Gasteiger partial charge in [0.15, 0.2) is 0 Å². The predicted molar refractivity (Wildman–Crippen MR) is 58.5 cm³/mol. The van der Waals surface area contributed by atoms with E-state index in [-0.39, 0.29) is 0 Å². The molecule has 0 aliphatic rings. The molecule has 0 fully saturated rings. The Hall–Kier alpha value is -0.780. The molecule has 0 N–H and O–H groups in total. The smallest absolute Gasteiger partial charge is 0.0279 e. The molecule has 1 aromatic rings. The summed E-state index contributed by atoms with van der Waals surface area (Å²) < 4.78 is 0. The van der Waals surface area contributed by atoms with Crippen LogP contribution in [0.15, 0.2) is 30.3 Å². The summed E-state index contributed by atoms with van der Waals surface area (Å²) in [7, 11) is 0. The van der Waals surface area contributed by atoms with Crippen molar-refractivity contribution in [1.29, 1.82) is 0 Å². The van der Waals surface area contributed by atoms with Crippen LogP contribution in [0.3, 0.4) is 0 Å². The molecule has 0 aliphatic heterocycles. The fourth-order valence-electron chi connectivity index (χ4n) is 1.40. The van der Waals surface area contributed by atoms with E-state index in [1.54, 1.807) is 0 Å². The quantitative estimate of drug-likeness (QED) is 0.596. The van der Waals surface area contributed by atoms with Gasteiger partial charge in [0, 0.05) is 0 Å². The first kappa shape index (κ1) is 10.3. The topological polar surface area (TPSA) is 0 Å². The second-order valence-corrected chi connectivity index (χ2v) is 3.86. The second kappa shape index (κ2) is 5.80. The Morgan fingerprint density at radius 2 is 1.85 bits per heavy atom. The lowest BCUT2D eigenvalue weighted by molar-refractivity contribution is 0.672. The van der Waals surface area contributed by atoms with Crippen LogP contribution in [0.2, 0.25) is 0 Å². The third-order valence-corrected chi connectivity index (χ3v) is 2.15. The molecule has 0 spiro atoms. The van der Waals surface area contributed by atoms with Crippen molar-refractivity contribution in [3.63, 3.8) is 0 Å². The van der Waals surface area contributed by atoms with Gasteiger partial charge >= 0.3 is 0 Å². The van der Waals surface area contributed by atoms with Gasteiger partial charge in [-0.1, -0.05) is 44.2 Å². The van der Waals surface area contributed by atoms with Crippen LogP contribution in [0, 0.1) is 12.3 Å². The van der Waals surface area contributed by atoms with Crippen LogP contribution < -0.4 is 0 Å². The van der Waals surface area contributed by atoms with E-state index >= 15 is 0 Å². The largest absolute Gasteiger partial charge is 0.0625 e. The van der Waals surface area contributed by atoms with Crippen molar-refractivity contribution in [2.45, 2.75) is 33.1 Å². The lowest BCUT2D eigenvalue weighted by Crippen LogP contribution is -1.90. The van der Waals surface area contributed by atoms with E-state index in [0.717, 1.165) is 5.92 Å². The van der Waals surface area contributed by atoms with E-state index in [2.05, 4.69) is 50.6 Å². The molecule has 1 aromatic carbocycles. The molecule has 0 nitrogen and oxygen atoms in total. The van der Waals surface area contributed by atoms with Crippen molar-refractivity contribution >= 4 is 0 Å². The summed E-state index contributed by atoms with van der Waals surface area (Å²) in [6, 6.07) is 10.7. The first-order chi connectivity index (χ1) is 6.29. The summed E-state index contributed by atoms with van der Waals surface area (Å²) >= 11 is 0. The highest BCUT2D eigenvalue weighted by Crippen LogP contribution is 2.09. The van der Waals surface area contributed by atoms with Gasteiger partial charge in [-0.15, -0.1) is 0 Å². The summed E-state index contributed by atoms with van der Waals surface area (Å²) in [6.07, 6.45) is 6.13. The number of unbranched alkanes of at least 4 members (excludes halogenated alkanes) is 1. The fraction of sp³-hybridized carbons (Fsp3) is 0.462. The Labute approximate surface area is 82.0 Å². The molecule has 0 aromatic heterocycles. The number of hydrogen-bond donors (Lipinski definition) is 0. The van der Waals surface area contributed by atoms with E-state index in [4.69, 9.17) is 0 Å². The summed E-state index contributed by atoms with van der Waals surface area (Å²) in [5, 5.41) is 0. The first-order valence-electron chi connectivity index (χ1n) is 5.16. The van der Waals surface area contributed by atoms with Gasteiger partial charge in [-0.05, 0) is 37.2 Å². The average molecular weight is 175 g/mol. The van der Waals surface area contributed by atoms with Gasteiger partial charge in [0.05, 0.1) is 0 Å². The minimum Gasteiger partial charge on any atom is -0.0625 e. The fourth-order valence-corrected chi connectivity index (χ4v) is 1.40. The Bertz CT molecular complexity index is 211. The van der Waals surface area contributed by atoms with E-state index in [1.807, 2.05) is 0 Å². The van der Waals surface area contributed by atoms with E-state index < -0.39 is 0 Å². The molecule has 0 aliphatic carbocycles. The molecule has 0 atom stereocenters. The monoisotopic (exact) mass is 175 g/mol. The van der Waals surface area contributed by atoms with Gasteiger partial charge in [-0.2, -0.15) is 0 Å². The highest BCUT2D eigenvalue weighted by atomic mass is 14.0. The maximum Gasteiger partial charge on any atom is -0.0279 e. The van der Waals surface area contributed by atoms with Crippen molar-refractivity contribution < 1.29 is 0 Å². The van der Waals surface area contributed by atoms with E-state index in [0.29, 0.717) is 0 Å². The molecular weight excluding hydrogens is 156 g/mol. The molecule has 0 heteroatoms. The third kappa shape index (κ3) is 4.72. The van der Waals surface area contributed by atoms with Crippen molar-refractivity contribution in [1.82, 2.24) is 0 Å². The first-order valence-corrected chi connectivity index (χ1v) is 5.16. The highest BCUT2D eigenvalue weighted by Gasteiger charge is 1.95. The molecule has 0 bridgehead atoms. The van der Waals surface area contributed by atoms with Gasteiger partial charge in [-0.3, -0.25) is 0 Å². The zero-order chi connectivity index (χ0) is 9.52. The van der Waals surface area contributed by atoms with Crippen LogP contribution in [0.4, 0.5) is 0 Å². The Morgan fingerprint density at radius 3 is 2.46 bits per heavy atom. The van der Waals surface area contributed by atoms with Crippen molar-refractivity contribution in [2.24, 2.45) is 5.92 Å². The molecule has 0 amide bonds. The molecule has 0 heterocycles. The number of rotatable bonds is 5. The molecule has 0 saturated carbocycles. The van der Waals surface area contributed by atoms with Gasteiger partial charge in [-0.25, -0.2) is 0 Å². The molecule has 1 rings (SSSR count). The molecule has 13 heavy (non-hydrogen) atoms. The number of aryl methyl sites for hydroxylation is 1.